The van der Waals surface area contributed by atoms with Gasteiger partial charge in [-0.3, -0.25) is 4.57 Å². The van der Waals surface area contributed by atoms with Gasteiger partial charge in [-0.2, -0.15) is 0 Å². The molecule has 1 heterocycles. The largest absolute Gasteiger partial charge is 0.369 e. The molecule has 0 aliphatic rings. The van der Waals surface area contributed by atoms with Crippen LogP contribution in [0.4, 0.5) is 10.3 Å². The summed E-state index contributed by atoms with van der Waals surface area (Å²) in [6.07, 6.45) is 0. The molecule has 0 unspecified atom stereocenters. The molecular weight excluding hydrogens is 288 g/mol. The van der Waals surface area contributed by atoms with Gasteiger partial charge in [0.05, 0.1) is 21.7 Å². The predicted octanol–water partition coefficient (Wildman–Crippen LogP) is 4.05. The van der Waals surface area contributed by atoms with E-state index in [0.717, 1.165) is 5.69 Å². The first kappa shape index (κ1) is 12.3. The molecule has 1 aromatic heterocycles. The number of rotatable bonds is 1. The maximum absolute atomic E-state index is 13.4. The number of nitrogens with two attached hydrogens (primary N) is 1. The van der Waals surface area contributed by atoms with Crippen LogP contribution < -0.4 is 5.73 Å². The van der Waals surface area contributed by atoms with E-state index in [2.05, 4.69) is 4.98 Å². The molecule has 0 aliphatic carbocycles. The van der Waals surface area contributed by atoms with Crippen LogP contribution in [0.5, 0.6) is 0 Å². The molecule has 0 atom stereocenters. The molecule has 3 aromatic rings. The van der Waals surface area contributed by atoms with Crippen LogP contribution in [0.2, 0.25) is 10.0 Å². The van der Waals surface area contributed by atoms with Gasteiger partial charge in [0, 0.05) is 11.1 Å². The van der Waals surface area contributed by atoms with Crippen LogP contribution in [0, 0.1) is 5.82 Å². The fraction of sp³-hybridized carbons (Fsp3) is 0. The van der Waals surface area contributed by atoms with Crippen molar-refractivity contribution in [1.29, 1.82) is 0 Å². The Morgan fingerprint density at radius 3 is 2.68 bits per heavy atom. The van der Waals surface area contributed by atoms with Crippen molar-refractivity contribution in [2.24, 2.45) is 0 Å². The standard InChI is InChI=1S/C13H8Cl2FN3/c14-7-2-1-3-8(4-7)19-12-5-9(15)10(16)6-11(12)18-13(19)17/h1-6H,(H2,17,18). The van der Waals surface area contributed by atoms with Crippen molar-refractivity contribution < 1.29 is 4.39 Å². The maximum atomic E-state index is 13.4. The molecule has 0 amide bonds. The highest BCUT2D eigenvalue weighted by molar-refractivity contribution is 6.31. The zero-order chi connectivity index (χ0) is 13.6. The van der Waals surface area contributed by atoms with Gasteiger partial charge in [-0.05, 0) is 24.3 Å². The van der Waals surface area contributed by atoms with Crippen molar-refractivity contribution in [2.45, 2.75) is 0 Å². The Bertz CT molecular complexity index is 783. The highest BCUT2D eigenvalue weighted by Crippen LogP contribution is 2.28. The van der Waals surface area contributed by atoms with Gasteiger partial charge in [0.15, 0.2) is 0 Å². The smallest absolute Gasteiger partial charge is 0.205 e. The summed E-state index contributed by atoms with van der Waals surface area (Å²) in [4.78, 5) is 4.12. The van der Waals surface area contributed by atoms with Gasteiger partial charge in [-0.15, -0.1) is 0 Å². The lowest BCUT2D eigenvalue weighted by Crippen LogP contribution is -2.00. The molecule has 0 fully saturated rings. The zero-order valence-electron chi connectivity index (χ0n) is 9.57. The van der Waals surface area contributed by atoms with Crippen molar-refractivity contribution in [3.05, 3.63) is 52.3 Å². The summed E-state index contributed by atoms with van der Waals surface area (Å²) in [5.41, 5.74) is 7.70. The normalized spacial score (nSPS) is 11.1. The molecule has 3 nitrogen and oxygen atoms in total. The molecule has 0 saturated carbocycles. The molecule has 2 aromatic carbocycles. The van der Waals surface area contributed by atoms with E-state index < -0.39 is 5.82 Å². The molecule has 96 valence electrons. The van der Waals surface area contributed by atoms with E-state index in [1.54, 1.807) is 22.8 Å². The average Bonchev–Trinajstić information content (AvgIpc) is 2.65. The molecule has 0 bridgehead atoms. The molecule has 0 aliphatic heterocycles. The van der Waals surface area contributed by atoms with Crippen molar-refractivity contribution >= 4 is 40.2 Å². The number of benzene rings is 2. The number of fused-ring (bicyclic) bond motifs is 1. The molecule has 19 heavy (non-hydrogen) atoms. The number of nitrogens with zero attached hydrogens (tertiary/aromatic N) is 2. The van der Waals surface area contributed by atoms with Gasteiger partial charge < -0.3 is 5.73 Å². The van der Waals surface area contributed by atoms with Crippen molar-refractivity contribution in [2.75, 3.05) is 5.73 Å². The average molecular weight is 296 g/mol. The first-order valence-corrected chi connectivity index (χ1v) is 6.21. The maximum Gasteiger partial charge on any atom is 0.205 e. The molecule has 6 heteroatoms. The summed E-state index contributed by atoms with van der Waals surface area (Å²) >= 11 is 11.8. The number of aromatic nitrogens is 2. The Kier molecular flexibility index (Phi) is 2.84. The second-order valence-corrected chi connectivity index (χ2v) is 4.88. The van der Waals surface area contributed by atoms with E-state index >= 15 is 0 Å². The Morgan fingerprint density at radius 2 is 1.95 bits per heavy atom. The van der Waals surface area contributed by atoms with Gasteiger partial charge in [-0.25, -0.2) is 9.37 Å². The van der Waals surface area contributed by atoms with Crippen molar-refractivity contribution in [3.8, 4) is 5.69 Å². The van der Waals surface area contributed by atoms with Crippen LogP contribution in [0.3, 0.4) is 0 Å². The topological polar surface area (TPSA) is 43.8 Å². The fourth-order valence-electron chi connectivity index (χ4n) is 1.98. The minimum absolute atomic E-state index is 0.0238. The molecule has 0 radical (unpaired) electrons. The summed E-state index contributed by atoms with van der Waals surface area (Å²) in [6, 6.07) is 9.89. The molecule has 0 spiro atoms. The van der Waals surface area contributed by atoms with Gasteiger partial charge in [0.25, 0.3) is 0 Å². The third-order valence-corrected chi connectivity index (χ3v) is 3.31. The third kappa shape index (κ3) is 2.03. The molecular formula is C13H8Cl2FN3. The van der Waals surface area contributed by atoms with E-state index in [1.807, 2.05) is 6.07 Å². The van der Waals surface area contributed by atoms with Crippen LogP contribution in [0.1, 0.15) is 0 Å². The summed E-state index contributed by atoms with van der Waals surface area (Å²) in [5.74, 6) is -0.274. The Morgan fingerprint density at radius 1 is 1.16 bits per heavy atom. The lowest BCUT2D eigenvalue weighted by Gasteiger charge is -2.07. The zero-order valence-corrected chi connectivity index (χ0v) is 11.1. The SMILES string of the molecule is Nc1nc2cc(F)c(Cl)cc2n1-c1cccc(Cl)c1. The number of nitrogen functional groups attached to an aromatic ring is 1. The van der Waals surface area contributed by atoms with Crippen LogP contribution in [-0.2, 0) is 0 Å². The quantitative estimate of drug-likeness (QED) is 0.736. The Hall–Kier alpha value is -1.78. The summed E-state index contributed by atoms with van der Waals surface area (Å²) in [7, 11) is 0. The first-order chi connectivity index (χ1) is 9.06. The number of halogens is 3. The fourth-order valence-corrected chi connectivity index (χ4v) is 2.32. The van der Waals surface area contributed by atoms with E-state index in [0.29, 0.717) is 16.1 Å². The van der Waals surface area contributed by atoms with Crippen molar-refractivity contribution in [1.82, 2.24) is 9.55 Å². The number of imidazole rings is 1. The number of hydrogen-bond acceptors (Lipinski definition) is 2. The highest BCUT2D eigenvalue weighted by Gasteiger charge is 2.13. The van der Waals surface area contributed by atoms with Crippen LogP contribution in [0.25, 0.3) is 16.7 Å². The summed E-state index contributed by atoms with van der Waals surface area (Å²) < 4.78 is 15.1. The molecule has 2 N–H and O–H groups in total. The Balaban J connectivity index is 2.34. The van der Waals surface area contributed by atoms with Gasteiger partial charge in [-0.1, -0.05) is 29.3 Å². The predicted molar refractivity (Wildman–Crippen MR) is 75.5 cm³/mol. The number of hydrogen-bond donors (Lipinski definition) is 1. The Labute approximate surface area is 118 Å². The lowest BCUT2D eigenvalue weighted by molar-refractivity contribution is 0.630. The third-order valence-electron chi connectivity index (χ3n) is 2.79. The minimum Gasteiger partial charge on any atom is -0.369 e. The summed E-state index contributed by atoms with van der Waals surface area (Å²) in [5, 5.41) is 0.600. The summed E-state index contributed by atoms with van der Waals surface area (Å²) in [6.45, 7) is 0. The molecule has 3 rings (SSSR count). The lowest BCUT2D eigenvalue weighted by atomic mass is 10.2. The van der Waals surface area contributed by atoms with E-state index in [-0.39, 0.29) is 11.0 Å². The second-order valence-electron chi connectivity index (χ2n) is 4.04. The van der Waals surface area contributed by atoms with Gasteiger partial charge >= 0.3 is 0 Å². The second kappa shape index (κ2) is 4.40. The van der Waals surface area contributed by atoms with E-state index in [4.69, 9.17) is 28.9 Å². The monoisotopic (exact) mass is 295 g/mol. The van der Waals surface area contributed by atoms with E-state index in [1.165, 1.54) is 12.1 Å². The van der Waals surface area contributed by atoms with Gasteiger partial charge in [0.2, 0.25) is 5.95 Å². The van der Waals surface area contributed by atoms with Crippen LogP contribution in [0.15, 0.2) is 36.4 Å². The van der Waals surface area contributed by atoms with Crippen LogP contribution >= 0.6 is 23.2 Å². The number of anilines is 1. The van der Waals surface area contributed by atoms with Gasteiger partial charge in [0.1, 0.15) is 5.82 Å². The van der Waals surface area contributed by atoms with E-state index in [9.17, 15) is 4.39 Å². The van der Waals surface area contributed by atoms with Crippen molar-refractivity contribution in [3.63, 3.8) is 0 Å². The minimum atomic E-state index is -0.523. The highest BCUT2D eigenvalue weighted by atomic mass is 35.5. The molecule has 0 saturated heterocycles. The van der Waals surface area contributed by atoms with Crippen LogP contribution in [-0.4, -0.2) is 9.55 Å². The first-order valence-electron chi connectivity index (χ1n) is 5.45.